The highest BCUT2D eigenvalue weighted by atomic mass is 35.5. The van der Waals surface area contributed by atoms with Crippen molar-refractivity contribution >= 4 is 23.3 Å². The van der Waals surface area contributed by atoms with Crippen molar-refractivity contribution in [1.82, 2.24) is 0 Å². The summed E-state index contributed by atoms with van der Waals surface area (Å²) in [4.78, 5) is 15.3. The van der Waals surface area contributed by atoms with E-state index in [-0.39, 0.29) is 5.97 Å². The molecule has 27 heavy (non-hydrogen) atoms. The van der Waals surface area contributed by atoms with Gasteiger partial charge in [0.1, 0.15) is 5.75 Å². The molecule has 2 aromatic carbocycles. The van der Waals surface area contributed by atoms with Gasteiger partial charge in [0.2, 0.25) is 0 Å². The number of likely N-dealkylation sites (N-methyl/N-ethyl adjacent to an activating group) is 1. The van der Waals surface area contributed by atoms with E-state index in [2.05, 4.69) is 6.58 Å². The monoisotopic (exact) mass is 387 g/mol. The highest BCUT2D eigenvalue weighted by Crippen LogP contribution is 2.39. The zero-order valence-electron chi connectivity index (χ0n) is 16.1. The number of hydrogen-bond acceptors (Lipinski definition) is 4. The predicted molar refractivity (Wildman–Crippen MR) is 111 cm³/mol. The molecule has 2 aromatic rings. The van der Waals surface area contributed by atoms with Gasteiger partial charge in [0.15, 0.2) is 5.54 Å². The van der Waals surface area contributed by atoms with Crippen molar-refractivity contribution in [2.75, 3.05) is 25.2 Å². The number of hydrogen-bond donors (Lipinski definition) is 0. The van der Waals surface area contributed by atoms with Gasteiger partial charge in [0.25, 0.3) is 0 Å². The van der Waals surface area contributed by atoms with E-state index in [1.54, 1.807) is 25.3 Å². The maximum atomic E-state index is 13.3. The maximum Gasteiger partial charge on any atom is 0.337 e. The van der Waals surface area contributed by atoms with Crippen LogP contribution in [0.15, 0.2) is 61.2 Å². The molecule has 0 spiro atoms. The SMILES string of the molecule is C=CCC(C(=O)OCC)(c1ccc(Cl)cc1)N(CC)c1ccc(OC)cc1. The topological polar surface area (TPSA) is 38.8 Å². The summed E-state index contributed by atoms with van der Waals surface area (Å²) in [5.41, 5.74) is 0.664. The number of anilines is 1. The molecule has 1 unspecified atom stereocenters. The minimum Gasteiger partial charge on any atom is -0.497 e. The standard InChI is InChI=1S/C22H26ClNO3/c1-5-16-22(21(25)27-7-3,17-8-10-18(23)11-9-17)24(6-2)19-12-14-20(26-4)15-13-19/h5,8-15H,1,6-7,16H2,2-4H3. The van der Waals surface area contributed by atoms with Gasteiger partial charge in [0, 0.05) is 23.7 Å². The lowest BCUT2D eigenvalue weighted by atomic mass is 9.84. The third-order valence-electron chi connectivity index (χ3n) is 4.54. The van der Waals surface area contributed by atoms with E-state index in [0.29, 0.717) is 24.6 Å². The van der Waals surface area contributed by atoms with Crippen molar-refractivity contribution in [3.05, 3.63) is 71.8 Å². The second kappa shape index (κ2) is 9.47. The molecular formula is C22H26ClNO3. The first-order valence-corrected chi connectivity index (χ1v) is 9.37. The Kier molecular flexibility index (Phi) is 7.31. The van der Waals surface area contributed by atoms with Crippen molar-refractivity contribution in [2.24, 2.45) is 0 Å². The molecule has 0 aromatic heterocycles. The largest absolute Gasteiger partial charge is 0.497 e. The van der Waals surface area contributed by atoms with Crippen LogP contribution in [0.25, 0.3) is 0 Å². The van der Waals surface area contributed by atoms with Gasteiger partial charge in [-0.1, -0.05) is 29.8 Å². The summed E-state index contributed by atoms with van der Waals surface area (Å²) in [6, 6.07) is 15.0. The summed E-state index contributed by atoms with van der Waals surface area (Å²) >= 11 is 6.08. The fourth-order valence-corrected chi connectivity index (χ4v) is 3.44. The third kappa shape index (κ3) is 4.28. The first-order valence-electron chi connectivity index (χ1n) is 8.99. The number of benzene rings is 2. The highest BCUT2D eigenvalue weighted by Gasteiger charge is 2.46. The molecule has 4 nitrogen and oxygen atoms in total. The zero-order chi connectivity index (χ0) is 19.9. The van der Waals surface area contributed by atoms with Crippen LogP contribution in [0, 0.1) is 0 Å². The van der Waals surface area contributed by atoms with Crippen molar-refractivity contribution < 1.29 is 14.3 Å². The summed E-state index contributed by atoms with van der Waals surface area (Å²) in [5.74, 6) is 0.441. The quantitative estimate of drug-likeness (QED) is 0.437. The van der Waals surface area contributed by atoms with Crippen LogP contribution in [-0.4, -0.2) is 26.2 Å². The molecular weight excluding hydrogens is 362 g/mol. The summed E-state index contributed by atoms with van der Waals surface area (Å²) in [6.45, 7) is 8.60. The maximum absolute atomic E-state index is 13.3. The van der Waals surface area contributed by atoms with E-state index in [4.69, 9.17) is 21.1 Å². The second-order valence-electron chi connectivity index (χ2n) is 6.02. The Bertz CT molecular complexity index is 758. The summed E-state index contributed by atoms with van der Waals surface area (Å²) < 4.78 is 10.8. The van der Waals surface area contributed by atoms with Crippen LogP contribution >= 0.6 is 11.6 Å². The molecule has 0 heterocycles. The Morgan fingerprint density at radius 2 is 1.78 bits per heavy atom. The van der Waals surface area contributed by atoms with E-state index in [1.807, 2.05) is 55.1 Å². The fraction of sp³-hybridized carbons (Fsp3) is 0.318. The smallest absolute Gasteiger partial charge is 0.337 e. The molecule has 1 atom stereocenters. The van der Waals surface area contributed by atoms with Gasteiger partial charge in [-0.05, 0) is 55.8 Å². The molecule has 0 aliphatic carbocycles. The lowest BCUT2D eigenvalue weighted by molar-refractivity contribution is -0.150. The molecule has 0 N–H and O–H groups in total. The number of rotatable bonds is 9. The van der Waals surface area contributed by atoms with Crippen molar-refractivity contribution in [2.45, 2.75) is 25.8 Å². The Hall–Kier alpha value is -2.46. The lowest BCUT2D eigenvalue weighted by Gasteiger charge is -2.43. The molecule has 0 fully saturated rings. The first-order chi connectivity index (χ1) is 13.0. The van der Waals surface area contributed by atoms with Crippen molar-refractivity contribution in [1.29, 1.82) is 0 Å². The first kappa shape index (κ1) is 20.8. The minimum absolute atomic E-state index is 0.297. The minimum atomic E-state index is -1.04. The number of carbonyl (C=O) groups is 1. The van der Waals surface area contributed by atoms with Gasteiger partial charge < -0.3 is 14.4 Å². The van der Waals surface area contributed by atoms with Gasteiger partial charge >= 0.3 is 5.97 Å². The van der Waals surface area contributed by atoms with Gasteiger partial charge in [-0.25, -0.2) is 4.79 Å². The number of carbonyl (C=O) groups excluding carboxylic acids is 1. The molecule has 0 aliphatic rings. The molecule has 0 saturated carbocycles. The van der Waals surface area contributed by atoms with Gasteiger partial charge in [0.05, 0.1) is 13.7 Å². The summed E-state index contributed by atoms with van der Waals surface area (Å²) in [5, 5.41) is 0.614. The van der Waals surface area contributed by atoms with Crippen LogP contribution in [0.3, 0.4) is 0 Å². The molecule has 144 valence electrons. The van der Waals surface area contributed by atoms with Crippen LogP contribution in [0.4, 0.5) is 5.69 Å². The van der Waals surface area contributed by atoms with Crippen LogP contribution in [0.2, 0.25) is 5.02 Å². The molecule has 0 aliphatic heterocycles. The van der Waals surface area contributed by atoms with Gasteiger partial charge in [-0.2, -0.15) is 0 Å². The Morgan fingerprint density at radius 1 is 1.15 bits per heavy atom. The Balaban J connectivity index is 2.67. The van der Waals surface area contributed by atoms with Gasteiger partial charge in [-0.3, -0.25) is 0 Å². The van der Waals surface area contributed by atoms with E-state index in [0.717, 1.165) is 17.0 Å². The second-order valence-corrected chi connectivity index (χ2v) is 6.46. The van der Waals surface area contributed by atoms with E-state index in [9.17, 15) is 4.79 Å². The van der Waals surface area contributed by atoms with Crippen LogP contribution < -0.4 is 9.64 Å². The van der Waals surface area contributed by atoms with Crippen LogP contribution in [-0.2, 0) is 15.1 Å². The average Bonchev–Trinajstić information content (AvgIpc) is 2.69. The number of esters is 1. The number of nitrogens with zero attached hydrogens (tertiary/aromatic N) is 1. The molecule has 0 amide bonds. The van der Waals surface area contributed by atoms with Crippen molar-refractivity contribution in [3.8, 4) is 5.75 Å². The van der Waals surface area contributed by atoms with Crippen molar-refractivity contribution in [3.63, 3.8) is 0 Å². The highest BCUT2D eigenvalue weighted by molar-refractivity contribution is 6.30. The molecule has 0 bridgehead atoms. The average molecular weight is 388 g/mol. The fourth-order valence-electron chi connectivity index (χ4n) is 3.32. The molecule has 0 saturated heterocycles. The molecule has 0 radical (unpaired) electrons. The van der Waals surface area contributed by atoms with E-state index in [1.165, 1.54) is 0 Å². The van der Waals surface area contributed by atoms with Crippen LogP contribution in [0.5, 0.6) is 5.75 Å². The number of methoxy groups -OCH3 is 1. The van der Waals surface area contributed by atoms with Crippen LogP contribution in [0.1, 0.15) is 25.8 Å². The zero-order valence-corrected chi connectivity index (χ0v) is 16.8. The lowest BCUT2D eigenvalue weighted by Crippen LogP contribution is -2.53. The molecule has 5 heteroatoms. The molecule has 2 rings (SSSR count). The third-order valence-corrected chi connectivity index (χ3v) is 4.79. The predicted octanol–water partition coefficient (Wildman–Crippen LogP) is 5.21. The normalized spacial score (nSPS) is 12.7. The van der Waals surface area contributed by atoms with E-state index >= 15 is 0 Å². The number of halogens is 1. The Labute approximate surface area is 166 Å². The summed E-state index contributed by atoms with van der Waals surface area (Å²) in [6.07, 6.45) is 2.14. The summed E-state index contributed by atoms with van der Waals surface area (Å²) in [7, 11) is 1.63. The van der Waals surface area contributed by atoms with E-state index < -0.39 is 5.54 Å². The number of ether oxygens (including phenoxy) is 2. The van der Waals surface area contributed by atoms with Gasteiger partial charge in [-0.15, -0.1) is 6.58 Å². The Morgan fingerprint density at radius 3 is 2.26 bits per heavy atom.